The van der Waals surface area contributed by atoms with E-state index in [0.717, 1.165) is 25.1 Å². The summed E-state index contributed by atoms with van der Waals surface area (Å²) >= 11 is 0. The standard InChI is InChI=1S/C16H24N2O/c1-3-18(15-10-6-7-13(2)11-15)12-16(19)17-14-8-4-5-9-14/h6-7,10-11,14H,3-5,8-9,12H2,1-2H3,(H,17,19). The van der Waals surface area contributed by atoms with Crippen LogP contribution in [0.15, 0.2) is 24.3 Å². The number of likely N-dealkylation sites (N-methyl/N-ethyl adjacent to an activating group) is 1. The number of nitrogens with one attached hydrogen (secondary N) is 1. The van der Waals surface area contributed by atoms with Crippen LogP contribution in [0.3, 0.4) is 0 Å². The van der Waals surface area contributed by atoms with E-state index >= 15 is 0 Å². The number of carbonyl (C=O) groups is 1. The lowest BCUT2D eigenvalue weighted by molar-refractivity contribution is -0.120. The molecule has 2 rings (SSSR count). The van der Waals surface area contributed by atoms with E-state index in [1.165, 1.54) is 18.4 Å². The topological polar surface area (TPSA) is 32.3 Å². The molecule has 0 aliphatic heterocycles. The lowest BCUT2D eigenvalue weighted by Crippen LogP contribution is -2.41. The molecule has 1 N–H and O–H groups in total. The second kappa shape index (κ2) is 6.60. The van der Waals surface area contributed by atoms with Gasteiger partial charge in [-0.25, -0.2) is 0 Å². The van der Waals surface area contributed by atoms with Crippen LogP contribution >= 0.6 is 0 Å². The molecule has 0 atom stereocenters. The van der Waals surface area contributed by atoms with E-state index in [2.05, 4.69) is 42.3 Å². The summed E-state index contributed by atoms with van der Waals surface area (Å²) in [6.45, 7) is 5.47. The Hall–Kier alpha value is -1.51. The molecular formula is C16H24N2O. The summed E-state index contributed by atoms with van der Waals surface area (Å²) in [7, 11) is 0. The lowest BCUT2D eigenvalue weighted by atomic mass is 10.2. The van der Waals surface area contributed by atoms with E-state index in [-0.39, 0.29) is 5.91 Å². The van der Waals surface area contributed by atoms with Gasteiger partial charge in [-0.1, -0.05) is 25.0 Å². The third-order valence-corrected chi connectivity index (χ3v) is 3.80. The normalized spacial score (nSPS) is 15.5. The van der Waals surface area contributed by atoms with Gasteiger partial charge in [0.25, 0.3) is 0 Å². The van der Waals surface area contributed by atoms with Crippen LogP contribution in [0.25, 0.3) is 0 Å². The van der Waals surface area contributed by atoms with Crippen molar-refractivity contribution in [2.75, 3.05) is 18.0 Å². The van der Waals surface area contributed by atoms with Gasteiger partial charge in [0.15, 0.2) is 0 Å². The van der Waals surface area contributed by atoms with Crippen LogP contribution < -0.4 is 10.2 Å². The van der Waals surface area contributed by atoms with E-state index in [1.807, 2.05) is 6.07 Å². The van der Waals surface area contributed by atoms with Gasteiger partial charge in [0.05, 0.1) is 6.54 Å². The summed E-state index contributed by atoms with van der Waals surface area (Å²) in [5.41, 5.74) is 2.36. The molecule has 104 valence electrons. The van der Waals surface area contributed by atoms with Crippen LogP contribution in [0.2, 0.25) is 0 Å². The maximum absolute atomic E-state index is 12.1. The van der Waals surface area contributed by atoms with Crippen LogP contribution in [0.4, 0.5) is 5.69 Å². The molecule has 0 aromatic heterocycles. The molecule has 1 aromatic rings. The van der Waals surface area contributed by atoms with Gasteiger partial charge in [-0.2, -0.15) is 0 Å². The van der Waals surface area contributed by atoms with E-state index in [1.54, 1.807) is 0 Å². The Morgan fingerprint density at radius 1 is 1.37 bits per heavy atom. The highest BCUT2D eigenvalue weighted by Crippen LogP contribution is 2.18. The fourth-order valence-electron chi connectivity index (χ4n) is 2.73. The van der Waals surface area contributed by atoms with Gasteiger partial charge in [-0.05, 0) is 44.4 Å². The zero-order valence-electron chi connectivity index (χ0n) is 12.0. The average molecular weight is 260 g/mol. The first kappa shape index (κ1) is 13.9. The van der Waals surface area contributed by atoms with Crippen LogP contribution in [-0.4, -0.2) is 25.0 Å². The minimum absolute atomic E-state index is 0.148. The van der Waals surface area contributed by atoms with Crippen LogP contribution in [0.1, 0.15) is 38.2 Å². The number of hydrogen-bond acceptors (Lipinski definition) is 2. The van der Waals surface area contributed by atoms with Crippen LogP contribution in [0.5, 0.6) is 0 Å². The highest BCUT2D eigenvalue weighted by molar-refractivity contribution is 5.81. The summed E-state index contributed by atoms with van der Waals surface area (Å²) in [6, 6.07) is 8.73. The largest absolute Gasteiger partial charge is 0.362 e. The molecule has 0 unspecified atom stereocenters. The summed E-state index contributed by atoms with van der Waals surface area (Å²) in [5.74, 6) is 0.148. The zero-order valence-corrected chi connectivity index (χ0v) is 12.0. The summed E-state index contributed by atoms with van der Waals surface area (Å²) in [5, 5.41) is 3.15. The van der Waals surface area contributed by atoms with Crippen molar-refractivity contribution >= 4 is 11.6 Å². The van der Waals surface area contributed by atoms with Gasteiger partial charge in [0.2, 0.25) is 5.91 Å². The minimum atomic E-state index is 0.148. The van der Waals surface area contributed by atoms with Crippen LogP contribution in [0, 0.1) is 6.92 Å². The molecule has 0 saturated heterocycles. The van der Waals surface area contributed by atoms with Crippen molar-refractivity contribution in [1.29, 1.82) is 0 Å². The van der Waals surface area contributed by atoms with Gasteiger partial charge in [-0.15, -0.1) is 0 Å². The molecule has 19 heavy (non-hydrogen) atoms. The molecule has 1 saturated carbocycles. The van der Waals surface area contributed by atoms with Gasteiger partial charge in [0, 0.05) is 18.3 Å². The Kier molecular flexibility index (Phi) is 4.83. The number of rotatable bonds is 5. The van der Waals surface area contributed by atoms with Gasteiger partial charge in [0.1, 0.15) is 0 Å². The average Bonchev–Trinajstić information content (AvgIpc) is 2.88. The molecule has 1 fully saturated rings. The minimum Gasteiger partial charge on any atom is -0.362 e. The van der Waals surface area contributed by atoms with Crippen molar-refractivity contribution in [3.8, 4) is 0 Å². The highest BCUT2D eigenvalue weighted by atomic mass is 16.2. The van der Waals surface area contributed by atoms with Crippen molar-refractivity contribution in [3.63, 3.8) is 0 Å². The van der Waals surface area contributed by atoms with E-state index in [4.69, 9.17) is 0 Å². The first-order chi connectivity index (χ1) is 9.19. The van der Waals surface area contributed by atoms with Crippen molar-refractivity contribution in [3.05, 3.63) is 29.8 Å². The number of carbonyl (C=O) groups excluding carboxylic acids is 1. The molecule has 3 nitrogen and oxygen atoms in total. The number of anilines is 1. The second-order valence-corrected chi connectivity index (χ2v) is 5.40. The first-order valence-electron chi connectivity index (χ1n) is 7.30. The third kappa shape index (κ3) is 3.98. The third-order valence-electron chi connectivity index (χ3n) is 3.80. The maximum atomic E-state index is 12.1. The second-order valence-electron chi connectivity index (χ2n) is 5.40. The van der Waals surface area contributed by atoms with E-state index in [0.29, 0.717) is 12.6 Å². The predicted molar refractivity (Wildman–Crippen MR) is 79.5 cm³/mol. The van der Waals surface area contributed by atoms with Crippen molar-refractivity contribution in [2.45, 2.75) is 45.6 Å². The molecule has 3 heteroatoms. The monoisotopic (exact) mass is 260 g/mol. The molecule has 1 aliphatic carbocycles. The molecule has 0 bridgehead atoms. The van der Waals surface area contributed by atoms with E-state index in [9.17, 15) is 4.79 Å². The van der Waals surface area contributed by atoms with Gasteiger partial charge >= 0.3 is 0 Å². The van der Waals surface area contributed by atoms with Crippen molar-refractivity contribution in [1.82, 2.24) is 5.32 Å². The molecule has 0 spiro atoms. The van der Waals surface area contributed by atoms with Gasteiger partial charge in [-0.3, -0.25) is 4.79 Å². The molecule has 1 amide bonds. The van der Waals surface area contributed by atoms with Crippen molar-refractivity contribution in [2.24, 2.45) is 0 Å². The SMILES string of the molecule is CCN(CC(=O)NC1CCCC1)c1cccc(C)c1. The molecule has 1 aromatic carbocycles. The fourth-order valence-corrected chi connectivity index (χ4v) is 2.73. The number of amides is 1. The maximum Gasteiger partial charge on any atom is 0.239 e. The van der Waals surface area contributed by atoms with Gasteiger partial charge < -0.3 is 10.2 Å². The van der Waals surface area contributed by atoms with Crippen LogP contribution in [-0.2, 0) is 4.79 Å². The fraction of sp³-hybridized carbons (Fsp3) is 0.562. The molecule has 0 heterocycles. The Balaban J connectivity index is 1.92. The molecule has 0 radical (unpaired) electrons. The Morgan fingerprint density at radius 2 is 2.11 bits per heavy atom. The van der Waals surface area contributed by atoms with E-state index < -0.39 is 0 Å². The summed E-state index contributed by atoms with van der Waals surface area (Å²) in [4.78, 5) is 14.2. The molecule has 1 aliphatic rings. The molecular weight excluding hydrogens is 236 g/mol. The lowest BCUT2D eigenvalue weighted by Gasteiger charge is -2.24. The smallest absolute Gasteiger partial charge is 0.239 e. The highest BCUT2D eigenvalue weighted by Gasteiger charge is 2.18. The Morgan fingerprint density at radius 3 is 2.74 bits per heavy atom. The first-order valence-corrected chi connectivity index (χ1v) is 7.30. The number of benzene rings is 1. The summed E-state index contributed by atoms with van der Waals surface area (Å²) in [6.07, 6.45) is 4.78. The number of hydrogen-bond donors (Lipinski definition) is 1. The van der Waals surface area contributed by atoms with Crippen molar-refractivity contribution < 1.29 is 4.79 Å². The Labute approximate surface area is 116 Å². The quantitative estimate of drug-likeness (QED) is 0.883. The predicted octanol–water partition coefficient (Wildman–Crippen LogP) is 2.88. The zero-order chi connectivity index (χ0) is 13.7. The Bertz CT molecular complexity index is 425. The number of aryl methyl sites for hydroxylation is 1. The number of nitrogens with zero attached hydrogens (tertiary/aromatic N) is 1. The summed E-state index contributed by atoms with van der Waals surface area (Å²) < 4.78 is 0.